The zero-order valence-corrected chi connectivity index (χ0v) is 11.0. The van der Waals surface area contributed by atoms with E-state index in [1.165, 1.54) is 11.1 Å². The van der Waals surface area contributed by atoms with E-state index >= 15 is 0 Å². The van der Waals surface area contributed by atoms with Gasteiger partial charge >= 0.3 is 0 Å². The van der Waals surface area contributed by atoms with Gasteiger partial charge in [-0.05, 0) is 35.6 Å². The van der Waals surface area contributed by atoms with Crippen LogP contribution in [0.3, 0.4) is 0 Å². The van der Waals surface area contributed by atoms with Gasteiger partial charge in [0.15, 0.2) is 0 Å². The van der Waals surface area contributed by atoms with E-state index in [-0.39, 0.29) is 0 Å². The highest BCUT2D eigenvalue weighted by atomic mass is 16.3. The summed E-state index contributed by atoms with van der Waals surface area (Å²) in [4.78, 5) is 0. The van der Waals surface area contributed by atoms with E-state index in [9.17, 15) is 5.11 Å². The van der Waals surface area contributed by atoms with E-state index in [1.54, 1.807) is 6.07 Å². The lowest BCUT2D eigenvalue weighted by molar-refractivity contribution is 0.472. The van der Waals surface area contributed by atoms with Crippen molar-refractivity contribution in [2.24, 2.45) is 5.92 Å². The molecule has 1 heteroatoms. The van der Waals surface area contributed by atoms with Gasteiger partial charge in [0, 0.05) is 5.92 Å². The van der Waals surface area contributed by atoms with Crippen molar-refractivity contribution < 1.29 is 5.11 Å². The molecule has 18 heavy (non-hydrogen) atoms. The summed E-state index contributed by atoms with van der Waals surface area (Å²) >= 11 is 0. The number of phenols is 1. The summed E-state index contributed by atoms with van der Waals surface area (Å²) in [5, 5.41) is 9.64. The second kappa shape index (κ2) is 5.72. The summed E-state index contributed by atoms with van der Waals surface area (Å²) in [6.45, 7) is 4.47. The van der Waals surface area contributed by atoms with Gasteiger partial charge in [-0.2, -0.15) is 0 Å². The van der Waals surface area contributed by atoms with Crippen molar-refractivity contribution in [2.75, 3.05) is 0 Å². The number of hydrogen-bond acceptors (Lipinski definition) is 1. The summed E-state index contributed by atoms with van der Waals surface area (Å²) in [5.41, 5.74) is 2.51. The topological polar surface area (TPSA) is 20.2 Å². The summed E-state index contributed by atoms with van der Waals surface area (Å²) in [5.74, 6) is 1.33. The van der Waals surface area contributed by atoms with E-state index in [0.29, 0.717) is 17.6 Å². The van der Waals surface area contributed by atoms with Crippen LogP contribution in [0.4, 0.5) is 0 Å². The molecule has 0 aliphatic heterocycles. The Balaban J connectivity index is 2.37. The van der Waals surface area contributed by atoms with Crippen LogP contribution in [0.25, 0.3) is 0 Å². The van der Waals surface area contributed by atoms with Crippen molar-refractivity contribution in [1.82, 2.24) is 0 Å². The molecule has 1 N–H and O–H groups in total. The van der Waals surface area contributed by atoms with Gasteiger partial charge in [0.1, 0.15) is 5.75 Å². The molecule has 0 aliphatic rings. The van der Waals surface area contributed by atoms with Crippen LogP contribution in [0.2, 0.25) is 0 Å². The number of rotatable bonds is 4. The van der Waals surface area contributed by atoms with Gasteiger partial charge in [-0.1, -0.05) is 56.3 Å². The molecule has 0 aliphatic carbocycles. The quantitative estimate of drug-likeness (QED) is 0.830. The minimum atomic E-state index is 0.345. The van der Waals surface area contributed by atoms with Crippen LogP contribution in [0.1, 0.15) is 37.3 Å². The molecule has 0 saturated carbocycles. The third-order valence-electron chi connectivity index (χ3n) is 3.18. The van der Waals surface area contributed by atoms with E-state index in [2.05, 4.69) is 44.2 Å². The maximum atomic E-state index is 9.64. The van der Waals surface area contributed by atoms with Gasteiger partial charge in [-0.3, -0.25) is 0 Å². The van der Waals surface area contributed by atoms with Gasteiger partial charge in [0.2, 0.25) is 0 Å². The van der Waals surface area contributed by atoms with Crippen molar-refractivity contribution in [2.45, 2.75) is 26.2 Å². The maximum absolute atomic E-state index is 9.64. The minimum absolute atomic E-state index is 0.345. The maximum Gasteiger partial charge on any atom is 0.115 e. The van der Waals surface area contributed by atoms with Crippen LogP contribution in [-0.4, -0.2) is 5.11 Å². The first-order valence-electron chi connectivity index (χ1n) is 6.50. The average molecular weight is 240 g/mol. The molecule has 2 aromatic carbocycles. The van der Waals surface area contributed by atoms with Crippen molar-refractivity contribution in [1.29, 1.82) is 0 Å². The third kappa shape index (κ3) is 3.13. The SMILES string of the molecule is CC(C)CC(c1ccccc1)c1cccc(O)c1. The first-order chi connectivity index (χ1) is 8.66. The molecule has 0 saturated heterocycles. The molecular formula is C17H20O. The molecule has 94 valence electrons. The van der Waals surface area contributed by atoms with E-state index in [0.717, 1.165) is 6.42 Å². The van der Waals surface area contributed by atoms with Crippen LogP contribution >= 0.6 is 0 Å². The van der Waals surface area contributed by atoms with Gasteiger partial charge in [-0.25, -0.2) is 0 Å². The summed E-state index contributed by atoms with van der Waals surface area (Å²) in [6.07, 6.45) is 1.09. The Morgan fingerprint density at radius 2 is 1.56 bits per heavy atom. The predicted octanol–water partition coefficient (Wildman–Crippen LogP) is 4.57. The molecule has 1 nitrogen and oxygen atoms in total. The molecule has 2 rings (SSSR count). The smallest absolute Gasteiger partial charge is 0.115 e. The van der Waals surface area contributed by atoms with E-state index < -0.39 is 0 Å². The number of phenolic OH excluding ortho intramolecular Hbond substituents is 1. The largest absolute Gasteiger partial charge is 0.508 e. The molecule has 0 aromatic heterocycles. The van der Waals surface area contributed by atoms with Gasteiger partial charge < -0.3 is 5.11 Å². The Kier molecular flexibility index (Phi) is 4.03. The molecule has 2 aromatic rings. The van der Waals surface area contributed by atoms with Crippen LogP contribution in [0.5, 0.6) is 5.75 Å². The molecule has 0 spiro atoms. The lowest BCUT2D eigenvalue weighted by Crippen LogP contribution is -2.04. The molecular weight excluding hydrogens is 220 g/mol. The van der Waals surface area contributed by atoms with Crippen LogP contribution in [-0.2, 0) is 0 Å². The Bertz CT molecular complexity index is 488. The number of benzene rings is 2. The summed E-state index contributed by atoms with van der Waals surface area (Å²) < 4.78 is 0. The van der Waals surface area contributed by atoms with Crippen LogP contribution < -0.4 is 0 Å². The number of hydrogen-bond donors (Lipinski definition) is 1. The van der Waals surface area contributed by atoms with Gasteiger partial charge in [-0.15, -0.1) is 0 Å². The monoisotopic (exact) mass is 240 g/mol. The fourth-order valence-corrected chi connectivity index (χ4v) is 2.36. The third-order valence-corrected chi connectivity index (χ3v) is 3.18. The van der Waals surface area contributed by atoms with Crippen molar-refractivity contribution in [3.63, 3.8) is 0 Å². The minimum Gasteiger partial charge on any atom is -0.508 e. The molecule has 0 fully saturated rings. The lowest BCUT2D eigenvalue weighted by atomic mass is 9.84. The normalized spacial score (nSPS) is 12.6. The molecule has 1 unspecified atom stereocenters. The highest BCUT2D eigenvalue weighted by molar-refractivity contribution is 5.36. The number of aromatic hydroxyl groups is 1. The Hall–Kier alpha value is -1.76. The fourth-order valence-electron chi connectivity index (χ4n) is 2.36. The summed E-state index contributed by atoms with van der Waals surface area (Å²) in [6, 6.07) is 18.1. The van der Waals surface area contributed by atoms with Crippen molar-refractivity contribution >= 4 is 0 Å². The fraction of sp³-hybridized carbons (Fsp3) is 0.294. The van der Waals surface area contributed by atoms with E-state index in [1.807, 2.05) is 18.2 Å². The van der Waals surface area contributed by atoms with Crippen LogP contribution in [0.15, 0.2) is 54.6 Å². The zero-order chi connectivity index (χ0) is 13.0. The molecule has 0 heterocycles. The van der Waals surface area contributed by atoms with Gasteiger partial charge in [0.25, 0.3) is 0 Å². The molecule has 0 amide bonds. The highest BCUT2D eigenvalue weighted by Gasteiger charge is 2.15. The molecule has 0 radical (unpaired) electrons. The second-order valence-electron chi connectivity index (χ2n) is 5.19. The zero-order valence-electron chi connectivity index (χ0n) is 11.0. The van der Waals surface area contributed by atoms with Crippen molar-refractivity contribution in [3.05, 3.63) is 65.7 Å². The lowest BCUT2D eigenvalue weighted by Gasteiger charge is -2.20. The highest BCUT2D eigenvalue weighted by Crippen LogP contribution is 2.32. The molecule has 1 atom stereocenters. The Morgan fingerprint density at radius 1 is 0.889 bits per heavy atom. The first kappa shape index (κ1) is 12.7. The second-order valence-corrected chi connectivity index (χ2v) is 5.19. The van der Waals surface area contributed by atoms with Gasteiger partial charge in [0.05, 0.1) is 0 Å². The predicted molar refractivity (Wildman–Crippen MR) is 75.8 cm³/mol. The Labute approximate surface area is 109 Å². The first-order valence-corrected chi connectivity index (χ1v) is 6.50. The van der Waals surface area contributed by atoms with Crippen LogP contribution in [0, 0.1) is 5.92 Å². The molecule has 0 bridgehead atoms. The summed E-state index contributed by atoms with van der Waals surface area (Å²) in [7, 11) is 0. The standard InChI is InChI=1S/C17H20O/c1-13(2)11-17(14-7-4-3-5-8-14)15-9-6-10-16(18)12-15/h3-10,12-13,17-18H,11H2,1-2H3. The average Bonchev–Trinajstić information content (AvgIpc) is 2.37. The van der Waals surface area contributed by atoms with Crippen molar-refractivity contribution in [3.8, 4) is 5.75 Å². The van der Waals surface area contributed by atoms with E-state index in [4.69, 9.17) is 0 Å². The Morgan fingerprint density at radius 3 is 2.17 bits per heavy atom.